The minimum absolute atomic E-state index is 0.0102. The number of carbonyl (C=O) groups is 3. The number of hydrogen-bond donors (Lipinski definition) is 1. The Hall–Kier alpha value is -3.36. The predicted octanol–water partition coefficient (Wildman–Crippen LogP) is 5.79. The van der Waals surface area contributed by atoms with Gasteiger partial charge in [-0.2, -0.15) is 0 Å². The maximum Gasteiger partial charge on any atom is 0.251 e. The third-order valence-corrected chi connectivity index (χ3v) is 12.1. The number of thioether (sulfide) groups is 1. The second kappa shape index (κ2) is 13.2. The van der Waals surface area contributed by atoms with Gasteiger partial charge >= 0.3 is 0 Å². The van der Waals surface area contributed by atoms with Gasteiger partial charge in [0.1, 0.15) is 6.04 Å². The fourth-order valence-electron chi connectivity index (χ4n) is 8.27. The number of carbonyl (C=O) groups excluding carboxylic acids is 3. The van der Waals surface area contributed by atoms with Crippen molar-refractivity contribution in [3.8, 4) is 0 Å². The molecule has 0 aromatic heterocycles. The monoisotopic (exact) mass is 629 g/mol. The molecule has 1 N–H and O–H groups in total. The third-order valence-electron chi connectivity index (χ3n) is 9.98. The molecule has 7 atom stereocenters. The number of fused-ring (bicyclic) bond motifs is 1. The summed E-state index contributed by atoms with van der Waals surface area (Å²) in [6.45, 7) is 18.4. The third kappa shape index (κ3) is 5.44. The van der Waals surface area contributed by atoms with E-state index < -0.39 is 28.7 Å². The molecule has 2 aromatic carbocycles. The Morgan fingerprint density at radius 3 is 2.22 bits per heavy atom. The Morgan fingerprint density at radius 2 is 1.64 bits per heavy atom. The van der Waals surface area contributed by atoms with Gasteiger partial charge in [0.05, 0.1) is 29.2 Å². The predicted molar refractivity (Wildman–Crippen MR) is 183 cm³/mol. The topological polar surface area (TPSA) is 81.2 Å². The van der Waals surface area contributed by atoms with Crippen LogP contribution in [0.2, 0.25) is 0 Å². The van der Waals surface area contributed by atoms with Crippen molar-refractivity contribution >= 4 is 40.9 Å². The van der Waals surface area contributed by atoms with Crippen molar-refractivity contribution in [2.75, 3.05) is 29.5 Å². The normalized spacial score (nSPS) is 27.4. The molecule has 0 radical (unpaired) electrons. The van der Waals surface area contributed by atoms with Crippen LogP contribution in [0.25, 0.3) is 0 Å². The van der Waals surface area contributed by atoms with E-state index in [1.165, 1.54) is 0 Å². The van der Waals surface area contributed by atoms with E-state index in [2.05, 4.69) is 33.9 Å². The Kier molecular flexibility index (Phi) is 9.66. The maximum atomic E-state index is 15.2. The molecule has 3 fully saturated rings. The van der Waals surface area contributed by atoms with Crippen molar-refractivity contribution in [2.24, 2.45) is 23.7 Å². The average molecular weight is 630 g/mol. The summed E-state index contributed by atoms with van der Waals surface area (Å²) in [6.07, 6.45) is 4.71. The number of nitrogens with zero attached hydrogens (tertiary/aromatic N) is 3. The lowest BCUT2D eigenvalue weighted by atomic mass is 9.65. The van der Waals surface area contributed by atoms with Crippen LogP contribution in [0, 0.1) is 37.5 Å². The van der Waals surface area contributed by atoms with E-state index >= 15 is 4.79 Å². The van der Waals surface area contributed by atoms with Gasteiger partial charge in [-0.1, -0.05) is 69.3 Å². The smallest absolute Gasteiger partial charge is 0.251 e. The largest absolute Gasteiger partial charge is 0.394 e. The highest BCUT2D eigenvalue weighted by Gasteiger charge is 2.77. The summed E-state index contributed by atoms with van der Waals surface area (Å²) in [6, 6.07) is 14.1. The zero-order valence-corrected chi connectivity index (χ0v) is 28.0. The van der Waals surface area contributed by atoms with E-state index in [-0.39, 0.29) is 48.0 Å². The Balaban J connectivity index is 1.66. The minimum Gasteiger partial charge on any atom is -0.394 e. The molecule has 2 bridgehead atoms. The number of benzene rings is 2. The lowest BCUT2D eigenvalue weighted by Gasteiger charge is -2.42. The number of aliphatic hydroxyl groups is 1. The first kappa shape index (κ1) is 33.0. The molecular formula is C37H47N3O4S. The van der Waals surface area contributed by atoms with E-state index in [0.717, 1.165) is 28.9 Å². The second-order valence-electron chi connectivity index (χ2n) is 13.3. The summed E-state index contributed by atoms with van der Waals surface area (Å²) >= 11 is 1.66. The van der Waals surface area contributed by atoms with Gasteiger partial charge in [0.25, 0.3) is 5.91 Å². The first-order valence-corrected chi connectivity index (χ1v) is 17.0. The number of hydrogen-bond acceptors (Lipinski definition) is 5. The fraction of sp³-hybridized carbons (Fsp3) is 0.486. The Labute approximate surface area is 272 Å². The first-order chi connectivity index (χ1) is 21.5. The van der Waals surface area contributed by atoms with Gasteiger partial charge in [-0.3, -0.25) is 14.4 Å². The van der Waals surface area contributed by atoms with Crippen LogP contribution in [0.3, 0.4) is 0 Å². The van der Waals surface area contributed by atoms with Crippen LogP contribution in [0.15, 0.2) is 73.8 Å². The molecule has 3 amide bonds. The first-order valence-electron chi connectivity index (χ1n) is 16.1. The molecule has 3 unspecified atom stereocenters. The van der Waals surface area contributed by atoms with Gasteiger partial charge in [-0.05, 0) is 61.8 Å². The van der Waals surface area contributed by atoms with E-state index in [4.69, 9.17) is 0 Å². The van der Waals surface area contributed by atoms with Crippen LogP contribution in [0.4, 0.5) is 11.4 Å². The number of rotatable bonds is 12. The molecule has 3 heterocycles. The van der Waals surface area contributed by atoms with Gasteiger partial charge in [0.15, 0.2) is 0 Å². The number of aryl methyl sites for hydroxylation is 2. The van der Waals surface area contributed by atoms with Crippen LogP contribution in [-0.4, -0.2) is 69.5 Å². The lowest BCUT2D eigenvalue weighted by molar-refractivity contribution is -0.142. The lowest BCUT2D eigenvalue weighted by Crippen LogP contribution is -2.59. The molecule has 8 heteroatoms. The van der Waals surface area contributed by atoms with Gasteiger partial charge in [-0.25, -0.2) is 0 Å². The molecule has 0 saturated carbocycles. The van der Waals surface area contributed by atoms with Gasteiger partial charge in [0.2, 0.25) is 11.8 Å². The highest BCUT2D eigenvalue weighted by molar-refractivity contribution is 8.02. The number of anilines is 2. The van der Waals surface area contributed by atoms with E-state index in [1.807, 2.05) is 62.4 Å². The van der Waals surface area contributed by atoms with Crippen molar-refractivity contribution in [2.45, 2.75) is 69.5 Å². The zero-order chi connectivity index (χ0) is 32.6. The summed E-state index contributed by atoms with van der Waals surface area (Å²) in [5, 5.41) is 10.7. The van der Waals surface area contributed by atoms with Crippen molar-refractivity contribution in [1.82, 2.24) is 4.90 Å². The second-order valence-corrected chi connectivity index (χ2v) is 14.9. The average Bonchev–Trinajstić information content (AvgIpc) is 3.61. The molecule has 240 valence electrons. The van der Waals surface area contributed by atoms with Crippen LogP contribution in [-0.2, 0) is 14.4 Å². The van der Waals surface area contributed by atoms with E-state index in [1.54, 1.807) is 38.6 Å². The number of likely N-dealkylation sites (tertiary alicyclic amines) is 1. The number of amides is 3. The summed E-state index contributed by atoms with van der Waals surface area (Å²) in [4.78, 5) is 49.9. The molecule has 0 aliphatic carbocycles. The molecule has 3 aliphatic heterocycles. The highest BCUT2D eigenvalue weighted by atomic mass is 32.2. The van der Waals surface area contributed by atoms with Crippen LogP contribution < -0.4 is 9.80 Å². The molecule has 3 aliphatic rings. The molecule has 3 saturated heterocycles. The van der Waals surface area contributed by atoms with E-state index in [9.17, 15) is 14.7 Å². The quantitative estimate of drug-likeness (QED) is 0.301. The van der Waals surface area contributed by atoms with Gasteiger partial charge in [0, 0.05) is 29.7 Å². The highest BCUT2D eigenvalue weighted by Crippen LogP contribution is 2.69. The zero-order valence-electron chi connectivity index (χ0n) is 27.2. The van der Waals surface area contributed by atoms with Crippen molar-refractivity contribution in [3.63, 3.8) is 0 Å². The number of aliphatic hydroxyl groups excluding tert-OH is 1. The summed E-state index contributed by atoms with van der Waals surface area (Å²) in [5.41, 5.74) is 3.50. The van der Waals surface area contributed by atoms with Gasteiger partial charge in [-0.15, -0.1) is 24.9 Å². The standard InChI is InChI=1S/C37H47N3O4S/c1-8-18-38(27-16-11-10-12-17-27)34(42)30-29-21-26(7)37(45-29)31(30)35(43)40(28(22-41)20-23(3)4)33(37)36(44)39(19-9-2)32-24(5)14-13-15-25(32)6/h8-17,23,26,28-31,33,41H,1-2,18-22H2,3-7H3/t26?,28-,29-,30+,31+,33?,37?/m1/s1. The van der Waals surface area contributed by atoms with Crippen LogP contribution in [0.1, 0.15) is 44.7 Å². The molecule has 5 rings (SSSR count). The van der Waals surface area contributed by atoms with Crippen LogP contribution in [0.5, 0.6) is 0 Å². The van der Waals surface area contributed by atoms with Crippen molar-refractivity contribution < 1.29 is 19.5 Å². The molecule has 45 heavy (non-hydrogen) atoms. The Bertz CT molecular complexity index is 1440. The maximum absolute atomic E-state index is 15.2. The summed E-state index contributed by atoms with van der Waals surface area (Å²) in [5.74, 6) is -1.56. The SMILES string of the molecule is C=CCN(C(=O)[C@@H]1[C@H]2C(=O)N([C@@H](CO)CC(C)C)C(C(=O)N(CC=C)c3c(C)cccc3C)C23S[C@@H]1CC3C)c1ccccc1. The Morgan fingerprint density at radius 1 is 1.02 bits per heavy atom. The van der Waals surface area contributed by atoms with Gasteiger partial charge < -0.3 is 19.8 Å². The summed E-state index contributed by atoms with van der Waals surface area (Å²) < 4.78 is -0.809. The minimum atomic E-state index is -0.836. The fourth-order valence-corrected chi connectivity index (χ4v) is 10.7. The molecule has 7 nitrogen and oxygen atoms in total. The molecule has 1 spiro atoms. The molecule has 2 aromatic rings. The summed E-state index contributed by atoms with van der Waals surface area (Å²) in [7, 11) is 0. The molecular weight excluding hydrogens is 582 g/mol. The van der Waals surface area contributed by atoms with E-state index in [0.29, 0.717) is 13.0 Å². The van der Waals surface area contributed by atoms with Crippen LogP contribution >= 0.6 is 11.8 Å². The number of para-hydroxylation sites is 2. The van der Waals surface area contributed by atoms with Crippen molar-refractivity contribution in [1.29, 1.82) is 0 Å². The van der Waals surface area contributed by atoms with Crippen molar-refractivity contribution in [3.05, 3.63) is 85.0 Å².